The van der Waals surface area contributed by atoms with Gasteiger partial charge in [-0.25, -0.2) is 9.98 Å². The van der Waals surface area contributed by atoms with Gasteiger partial charge in [-0.1, -0.05) is 51.1 Å². The molecular weight excluding hydrogens is 288 g/mol. The highest BCUT2D eigenvalue weighted by molar-refractivity contribution is 5.96. The summed E-state index contributed by atoms with van der Waals surface area (Å²) in [5, 5.41) is 0. The number of hydrogen-bond acceptors (Lipinski definition) is 4. The second kappa shape index (κ2) is 7.62. The molecule has 0 aromatic heterocycles. The summed E-state index contributed by atoms with van der Waals surface area (Å²) < 4.78 is 11.8. The van der Waals surface area contributed by atoms with Gasteiger partial charge in [-0.3, -0.25) is 0 Å². The topological polar surface area (TPSA) is 43.2 Å². The van der Waals surface area contributed by atoms with Crippen molar-refractivity contribution in [1.82, 2.24) is 0 Å². The molecule has 4 heteroatoms. The number of aliphatic imine (C=N–C) groups is 2. The third-order valence-corrected chi connectivity index (χ3v) is 4.16. The Kier molecular flexibility index (Phi) is 5.80. The Bertz CT molecular complexity index is 566. The number of ether oxygens (including phenoxy) is 2. The van der Waals surface area contributed by atoms with Crippen molar-refractivity contribution in [3.05, 3.63) is 35.9 Å². The second-order valence-corrected chi connectivity index (χ2v) is 6.41. The van der Waals surface area contributed by atoms with Crippen LogP contribution in [0.25, 0.3) is 0 Å². The summed E-state index contributed by atoms with van der Waals surface area (Å²) >= 11 is 0. The van der Waals surface area contributed by atoms with Crippen LogP contribution in [-0.4, -0.2) is 30.0 Å². The summed E-state index contributed by atoms with van der Waals surface area (Å²) in [6.45, 7) is 11.5. The molecule has 1 aliphatic heterocycles. The van der Waals surface area contributed by atoms with Gasteiger partial charge in [-0.2, -0.15) is 0 Å². The summed E-state index contributed by atoms with van der Waals surface area (Å²) in [4.78, 5) is 9.72. The minimum atomic E-state index is -0.454. The van der Waals surface area contributed by atoms with Gasteiger partial charge in [0.05, 0.1) is 6.61 Å². The van der Waals surface area contributed by atoms with Crippen molar-refractivity contribution in [3.8, 4) is 0 Å². The van der Waals surface area contributed by atoms with Crippen molar-refractivity contribution in [2.45, 2.75) is 59.2 Å². The molecule has 0 N–H and O–H groups in total. The monoisotopic (exact) mass is 316 g/mol. The molecule has 1 aromatic rings. The van der Waals surface area contributed by atoms with E-state index in [2.05, 4.69) is 39.8 Å². The molecule has 2 atom stereocenters. The molecule has 2 rings (SSSR count). The maximum absolute atomic E-state index is 6.07. The molecule has 4 nitrogen and oxygen atoms in total. The summed E-state index contributed by atoms with van der Waals surface area (Å²) in [6.07, 6.45) is 0.821. The van der Waals surface area contributed by atoms with Crippen LogP contribution >= 0.6 is 0 Å². The quantitative estimate of drug-likeness (QED) is 0.815. The fraction of sp³-hybridized carbons (Fsp3) is 0.579. The molecule has 0 fully saturated rings. The first kappa shape index (κ1) is 17.5. The van der Waals surface area contributed by atoms with Gasteiger partial charge in [-0.15, -0.1) is 0 Å². The van der Waals surface area contributed by atoms with E-state index in [0.717, 1.165) is 17.9 Å². The minimum Gasteiger partial charge on any atom is -0.480 e. The Morgan fingerprint density at radius 3 is 2.39 bits per heavy atom. The molecule has 126 valence electrons. The first-order chi connectivity index (χ1) is 11.0. The molecule has 0 bridgehead atoms. The van der Waals surface area contributed by atoms with Crippen LogP contribution in [0.4, 0.5) is 0 Å². The molecule has 0 saturated heterocycles. The van der Waals surface area contributed by atoms with Crippen LogP contribution in [0.15, 0.2) is 40.3 Å². The first-order valence-electron chi connectivity index (χ1n) is 8.47. The Balaban J connectivity index is 2.23. The summed E-state index contributed by atoms with van der Waals surface area (Å²) in [7, 11) is 0. The van der Waals surface area contributed by atoms with Crippen molar-refractivity contribution in [3.63, 3.8) is 0 Å². The van der Waals surface area contributed by atoms with Gasteiger partial charge in [0.2, 0.25) is 11.8 Å². The van der Waals surface area contributed by atoms with E-state index in [1.807, 2.05) is 25.1 Å². The first-order valence-corrected chi connectivity index (χ1v) is 8.47. The molecule has 0 amide bonds. The van der Waals surface area contributed by atoms with Crippen LogP contribution in [0, 0.1) is 5.92 Å². The molecular formula is C19H28N2O2. The zero-order valence-electron chi connectivity index (χ0n) is 14.9. The lowest BCUT2D eigenvalue weighted by Gasteiger charge is -2.34. The van der Waals surface area contributed by atoms with Gasteiger partial charge in [0.25, 0.3) is 0 Å². The van der Waals surface area contributed by atoms with Crippen LogP contribution in [0.3, 0.4) is 0 Å². The molecule has 0 saturated carbocycles. The second-order valence-electron chi connectivity index (χ2n) is 6.41. The van der Waals surface area contributed by atoms with E-state index < -0.39 is 5.54 Å². The fourth-order valence-electron chi connectivity index (χ4n) is 2.53. The summed E-state index contributed by atoms with van der Waals surface area (Å²) in [5.41, 5.74) is 0.680. The molecule has 0 spiro atoms. The zero-order valence-corrected chi connectivity index (χ0v) is 14.9. The molecule has 0 aliphatic carbocycles. The van der Waals surface area contributed by atoms with E-state index in [-0.39, 0.29) is 6.04 Å². The number of nitrogens with zero attached hydrogens (tertiary/aromatic N) is 2. The Hall–Kier alpha value is -1.84. The van der Waals surface area contributed by atoms with E-state index >= 15 is 0 Å². The highest BCUT2D eigenvalue weighted by atomic mass is 16.5. The van der Waals surface area contributed by atoms with Gasteiger partial charge >= 0.3 is 0 Å². The predicted molar refractivity (Wildman–Crippen MR) is 95.0 cm³/mol. The number of benzene rings is 1. The Labute approximate surface area is 139 Å². The van der Waals surface area contributed by atoms with Gasteiger partial charge < -0.3 is 9.47 Å². The van der Waals surface area contributed by atoms with Crippen LogP contribution < -0.4 is 0 Å². The standard InChI is InChI=1S/C19H28N2O2/c1-6-19(5)18(23-13-15-11-9-8-10-12-15)20-16(14(3)4)17(21-19)22-7-2/h8-12,14,16H,6-7,13H2,1-5H3/t16-,19+/m0/s1. The van der Waals surface area contributed by atoms with Crippen LogP contribution in [0.1, 0.15) is 46.6 Å². The van der Waals surface area contributed by atoms with Gasteiger partial charge in [0.15, 0.2) is 0 Å². The Morgan fingerprint density at radius 2 is 1.83 bits per heavy atom. The predicted octanol–water partition coefficient (Wildman–Crippen LogP) is 4.24. The van der Waals surface area contributed by atoms with Crippen molar-refractivity contribution < 1.29 is 9.47 Å². The lowest BCUT2D eigenvalue weighted by atomic mass is 9.94. The Morgan fingerprint density at radius 1 is 1.13 bits per heavy atom. The highest BCUT2D eigenvalue weighted by Gasteiger charge is 2.39. The van der Waals surface area contributed by atoms with Crippen molar-refractivity contribution in [2.24, 2.45) is 15.9 Å². The largest absolute Gasteiger partial charge is 0.480 e. The molecule has 0 unspecified atom stereocenters. The smallest absolute Gasteiger partial charge is 0.213 e. The molecule has 0 radical (unpaired) electrons. The lowest BCUT2D eigenvalue weighted by molar-refractivity contribution is 0.240. The van der Waals surface area contributed by atoms with E-state index in [1.54, 1.807) is 0 Å². The molecule has 23 heavy (non-hydrogen) atoms. The normalized spacial score (nSPS) is 24.2. The van der Waals surface area contributed by atoms with Crippen molar-refractivity contribution in [2.75, 3.05) is 6.61 Å². The molecule has 1 heterocycles. The maximum atomic E-state index is 6.07. The number of hydrogen-bond donors (Lipinski definition) is 0. The zero-order chi connectivity index (χ0) is 16.9. The van der Waals surface area contributed by atoms with Gasteiger partial charge in [0.1, 0.15) is 18.2 Å². The van der Waals surface area contributed by atoms with E-state index in [9.17, 15) is 0 Å². The van der Waals surface area contributed by atoms with Crippen LogP contribution in [-0.2, 0) is 16.1 Å². The third kappa shape index (κ3) is 4.12. The SMILES string of the molecule is CCOC1=N[C@](C)(CC)C(OCc2ccccc2)=N[C@H]1C(C)C. The number of rotatable bonds is 5. The van der Waals surface area contributed by atoms with Gasteiger partial charge in [-0.05, 0) is 31.7 Å². The van der Waals surface area contributed by atoms with E-state index in [0.29, 0.717) is 25.0 Å². The average molecular weight is 316 g/mol. The molecule has 1 aromatic carbocycles. The minimum absolute atomic E-state index is 0.0691. The lowest BCUT2D eigenvalue weighted by Crippen LogP contribution is -2.44. The van der Waals surface area contributed by atoms with E-state index in [4.69, 9.17) is 19.5 Å². The van der Waals surface area contributed by atoms with Crippen molar-refractivity contribution in [1.29, 1.82) is 0 Å². The fourth-order valence-corrected chi connectivity index (χ4v) is 2.53. The maximum Gasteiger partial charge on any atom is 0.213 e. The summed E-state index contributed by atoms with van der Waals surface area (Å²) in [6, 6.07) is 10.1. The summed E-state index contributed by atoms with van der Waals surface area (Å²) in [5.74, 6) is 1.77. The molecule has 1 aliphatic rings. The van der Waals surface area contributed by atoms with Gasteiger partial charge in [0, 0.05) is 0 Å². The van der Waals surface area contributed by atoms with E-state index in [1.165, 1.54) is 0 Å². The third-order valence-electron chi connectivity index (χ3n) is 4.16. The van der Waals surface area contributed by atoms with Crippen LogP contribution in [0.5, 0.6) is 0 Å². The average Bonchev–Trinajstić information content (AvgIpc) is 2.55. The van der Waals surface area contributed by atoms with Crippen LogP contribution in [0.2, 0.25) is 0 Å². The van der Waals surface area contributed by atoms with Crippen molar-refractivity contribution >= 4 is 11.8 Å². The highest BCUT2D eigenvalue weighted by Crippen LogP contribution is 2.28.